The highest BCUT2D eigenvalue weighted by atomic mass is 16.5. The molecule has 0 saturated carbocycles. The van der Waals surface area contributed by atoms with Crippen molar-refractivity contribution in [1.29, 1.82) is 0 Å². The Labute approximate surface area is 95.9 Å². The molecule has 0 spiro atoms. The first-order valence-electron chi connectivity index (χ1n) is 6.16. The standard InChI is InChI=1S/C12H19NO3/c1-2-9-10-4-3-5-12(15)13(10)7-6-11(9)16-8-14/h8-11H,2-7H2,1H3. The van der Waals surface area contributed by atoms with Crippen LogP contribution in [-0.2, 0) is 14.3 Å². The third-order valence-electron chi connectivity index (χ3n) is 3.94. The van der Waals surface area contributed by atoms with Crippen LogP contribution in [0, 0.1) is 5.92 Å². The molecule has 0 bridgehead atoms. The van der Waals surface area contributed by atoms with Crippen LogP contribution in [-0.4, -0.2) is 36.0 Å². The van der Waals surface area contributed by atoms with Crippen LogP contribution in [0.2, 0.25) is 0 Å². The van der Waals surface area contributed by atoms with E-state index in [9.17, 15) is 9.59 Å². The van der Waals surface area contributed by atoms with Crippen molar-refractivity contribution in [3.05, 3.63) is 0 Å². The van der Waals surface area contributed by atoms with Crippen LogP contribution < -0.4 is 0 Å². The Balaban J connectivity index is 2.11. The summed E-state index contributed by atoms with van der Waals surface area (Å²) in [5.41, 5.74) is 0. The van der Waals surface area contributed by atoms with Crippen molar-refractivity contribution in [2.75, 3.05) is 6.54 Å². The van der Waals surface area contributed by atoms with E-state index in [0.29, 0.717) is 24.9 Å². The van der Waals surface area contributed by atoms with Gasteiger partial charge in [0, 0.05) is 31.3 Å². The van der Waals surface area contributed by atoms with Crippen molar-refractivity contribution < 1.29 is 14.3 Å². The van der Waals surface area contributed by atoms with Crippen LogP contribution in [0.1, 0.15) is 39.0 Å². The van der Waals surface area contributed by atoms with Gasteiger partial charge in [0.1, 0.15) is 6.10 Å². The van der Waals surface area contributed by atoms with Crippen molar-refractivity contribution in [3.63, 3.8) is 0 Å². The van der Waals surface area contributed by atoms with E-state index in [0.717, 1.165) is 32.2 Å². The van der Waals surface area contributed by atoms with Crippen LogP contribution in [0.15, 0.2) is 0 Å². The highest BCUT2D eigenvalue weighted by Crippen LogP contribution is 2.34. The minimum Gasteiger partial charge on any atom is -0.464 e. The van der Waals surface area contributed by atoms with Crippen LogP contribution >= 0.6 is 0 Å². The Morgan fingerprint density at radius 1 is 1.50 bits per heavy atom. The molecule has 2 aliphatic rings. The molecule has 0 aromatic heterocycles. The van der Waals surface area contributed by atoms with Gasteiger partial charge in [0.25, 0.3) is 6.47 Å². The largest absolute Gasteiger partial charge is 0.464 e. The van der Waals surface area contributed by atoms with Crippen molar-refractivity contribution in [2.24, 2.45) is 5.92 Å². The molecule has 16 heavy (non-hydrogen) atoms. The lowest BCUT2D eigenvalue weighted by molar-refractivity contribution is -0.152. The maximum absolute atomic E-state index is 11.8. The third-order valence-corrected chi connectivity index (χ3v) is 3.94. The van der Waals surface area contributed by atoms with Gasteiger partial charge in [0.05, 0.1) is 0 Å². The van der Waals surface area contributed by atoms with E-state index in [1.807, 2.05) is 4.90 Å². The summed E-state index contributed by atoms with van der Waals surface area (Å²) in [7, 11) is 0. The Morgan fingerprint density at radius 3 is 3.00 bits per heavy atom. The molecule has 2 aliphatic heterocycles. The normalized spacial score (nSPS) is 34.4. The fourth-order valence-electron chi connectivity index (χ4n) is 3.19. The number of carbonyl (C=O) groups excluding carboxylic acids is 2. The Kier molecular flexibility index (Phi) is 3.46. The molecule has 90 valence electrons. The second-order valence-electron chi connectivity index (χ2n) is 4.68. The van der Waals surface area contributed by atoms with Crippen molar-refractivity contribution in [3.8, 4) is 0 Å². The summed E-state index contributed by atoms with van der Waals surface area (Å²) in [5.74, 6) is 0.599. The number of piperidine rings is 2. The maximum atomic E-state index is 11.8. The number of nitrogens with zero attached hydrogens (tertiary/aromatic N) is 1. The summed E-state index contributed by atoms with van der Waals surface area (Å²) in [5, 5.41) is 0. The molecule has 2 heterocycles. The summed E-state index contributed by atoms with van der Waals surface area (Å²) in [6, 6.07) is 0.296. The summed E-state index contributed by atoms with van der Waals surface area (Å²) < 4.78 is 5.15. The lowest BCUT2D eigenvalue weighted by atomic mass is 9.80. The lowest BCUT2D eigenvalue weighted by Crippen LogP contribution is -2.55. The molecule has 3 atom stereocenters. The first kappa shape index (κ1) is 11.4. The second-order valence-corrected chi connectivity index (χ2v) is 4.68. The van der Waals surface area contributed by atoms with E-state index >= 15 is 0 Å². The van der Waals surface area contributed by atoms with E-state index in [1.54, 1.807) is 0 Å². The number of fused-ring (bicyclic) bond motifs is 1. The molecule has 0 aromatic carbocycles. The average molecular weight is 225 g/mol. The molecule has 2 fully saturated rings. The molecular formula is C12H19NO3. The van der Waals surface area contributed by atoms with Gasteiger partial charge in [0.2, 0.25) is 5.91 Å². The maximum Gasteiger partial charge on any atom is 0.293 e. The highest BCUT2D eigenvalue weighted by molar-refractivity contribution is 5.77. The predicted octanol–water partition coefficient (Wildman–Crippen LogP) is 1.34. The molecule has 0 N–H and O–H groups in total. The molecule has 2 rings (SSSR count). The fourth-order valence-corrected chi connectivity index (χ4v) is 3.19. The van der Waals surface area contributed by atoms with Crippen LogP contribution in [0.4, 0.5) is 0 Å². The zero-order valence-corrected chi connectivity index (χ0v) is 9.72. The number of ether oxygens (including phenoxy) is 1. The first-order valence-corrected chi connectivity index (χ1v) is 6.16. The quantitative estimate of drug-likeness (QED) is 0.681. The minimum absolute atomic E-state index is 0.00894. The lowest BCUT2D eigenvalue weighted by Gasteiger charge is -2.46. The summed E-state index contributed by atoms with van der Waals surface area (Å²) in [4.78, 5) is 24.2. The van der Waals surface area contributed by atoms with E-state index in [2.05, 4.69) is 6.92 Å². The van der Waals surface area contributed by atoms with Gasteiger partial charge in [-0.2, -0.15) is 0 Å². The smallest absolute Gasteiger partial charge is 0.293 e. The summed E-state index contributed by atoms with van der Waals surface area (Å²) in [6.07, 6.45) is 4.49. The molecule has 0 aromatic rings. The molecule has 2 saturated heterocycles. The zero-order chi connectivity index (χ0) is 11.5. The van der Waals surface area contributed by atoms with Gasteiger partial charge in [-0.15, -0.1) is 0 Å². The molecule has 0 radical (unpaired) electrons. The zero-order valence-electron chi connectivity index (χ0n) is 9.72. The number of rotatable bonds is 3. The van der Waals surface area contributed by atoms with E-state index in [-0.39, 0.29) is 12.0 Å². The van der Waals surface area contributed by atoms with Gasteiger partial charge in [0.15, 0.2) is 0 Å². The van der Waals surface area contributed by atoms with Gasteiger partial charge in [-0.3, -0.25) is 9.59 Å². The number of hydrogen-bond acceptors (Lipinski definition) is 3. The Bertz CT molecular complexity index is 279. The van der Waals surface area contributed by atoms with Gasteiger partial charge in [-0.25, -0.2) is 0 Å². The second kappa shape index (κ2) is 4.85. The van der Waals surface area contributed by atoms with E-state index in [4.69, 9.17) is 4.74 Å². The molecule has 4 heteroatoms. The fraction of sp³-hybridized carbons (Fsp3) is 0.833. The topological polar surface area (TPSA) is 46.6 Å². The van der Waals surface area contributed by atoms with E-state index < -0.39 is 0 Å². The first-order chi connectivity index (χ1) is 7.77. The van der Waals surface area contributed by atoms with Gasteiger partial charge >= 0.3 is 0 Å². The van der Waals surface area contributed by atoms with Crippen molar-refractivity contribution in [2.45, 2.75) is 51.2 Å². The predicted molar refractivity (Wildman–Crippen MR) is 58.7 cm³/mol. The van der Waals surface area contributed by atoms with Crippen molar-refractivity contribution in [1.82, 2.24) is 4.90 Å². The SMILES string of the molecule is CCC1C(OC=O)CCN2C(=O)CCCC12. The summed E-state index contributed by atoms with van der Waals surface area (Å²) >= 11 is 0. The van der Waals surface area contributed by atoms with E-state index in [1.165, 1.54) is 0 Å². The molecule has 1 amide bonds. The molecule has 4 nitrogen and oxygen atoms in total. The van der Waals surface area contributed by atoms with Gasteiger partial charge < -0.3 is 9.64 Å². The van der Waals surface area contributed by atoms with Crippen LogP contribution in [0.25, 0.3) is 0 Å². The Hall–Kier alpha value is -1.06. The number of amides is 1. The van der Waals surface area contributed by atoms with Gasteiger partial charge in [-0.05, 0) is 19.3 Å². The average Bonchev–Trinajstić information content (AvgIpc) is 2.29. The summed E-state index contributed by atoms with van der Waals surface area (Å²) in [6.45, 7) is 3.40. The third kappa shape index (κ3) is 1.93. The molecule has 0 aliphatic carbocycles. The molecular weight excluding hydrogens is 206 g/mol. The molecule has 3 unspecified atom stereocenters. The van der Waals surface area contributed by atoms with Crippen LogP contribution in [0.5, 0.6) is 0 Å². The number of hydrogen-bond donors (Lipinski definition) is 0. The number of carbonyl (C=O) groups is 2. The van der Waals surface area contributed by atoms with Crippen LogP contribution in [0.3, 0.4) is 0 Å². The van der Waals surface area contributed by atoms with Gasteiger partial charge in [-0.1, -0.05) is 6.92 Å². The minimum atomic E-state index is 0.00894. The highest BCUT2D eigenvalue weighted by Gasteiger charge is 2.41. The Morgan fingerprint density at radius 2 is 2.31 bits per heavy atom. The van der Waals surface area contributed by atoms with Crippen molar-refractivity contribution >= 4 is 12.4 Å². The monoisotopic (exact) mass is 225 g/mol.